The third kappa shape index (κ3) is 7.49. The fourth-order valence-corrected chi connectivity index (χ4v) is 3.50. The monoisotopic (exact) mass is 410 g/mol. The summed E-state index contributed by atoms with van der Waals surface area (Å²) in [6.07, 6.45) is 1.61. The first kappa shape index (κ1) is 21.1. The molecule has 9 heteroatoms. The molecule has 0 aliphatic carbocycles. The van der Waals surface area contributed by atoms with E-state index in [1.807, 2.05) is 24.4 Å². The summed E-state index contributed by atoms with van der Waals surface area (Å²) < 4.78 is 29.5. The lowest BCUT2D eigenvalue weighted by Crippen LogP contribution is -2.30. The molecule has 0 spiro atoms. The van der Waals surface area contributed by atoms with Gasteiger partial charge in [0.25, 0.3) is 5.91 Å². The van der Waals surface area contributed by atoms with Gasteiger partial charge in [-0.2, -0.15) is 0 Å². The molecule has 27 heavy (non-hydrogen) atoms. The number of hydrogen-bond donors (Lipinski definition) is 2. The molecular weight excluding hydrogens is 388 g/mol. The van der Waals surface area contributed by atoms with Crippen molar-refractivity contribution in [2.75, 3.05) is 19.4 Å². The number of hydrogen-bond acceptors (Lipinski definition) is 6. The number of ether oxygens (including phenoxy) is 1. The maximum Gasteiger partial charge on any atom is 0.338 e. The molecular formula is C18H22N2O5S2. The van der Waals surface area contributed by atoms with Crippen LogP contribution in [0.5, 0.6) is 0 Å². The van der Waals surface area contributed by atoms with Gasteiger partial charge in [-0.1, -0.05) is 18.2 Å². The fourth-order valence-electron chi connectivity index (χ4n) is 2.29. The second kappa shape index (κ2) is 9.63. The molecule has 7 nitrogen and oxygen atoms in total. The highest BCUT2D eigenvalue weighted by Crippen LogP contribution is 2.17. The van der Waals surface area contributed by atoms with E-state index in [1.165, 1.54) is 0 Å². The lowest BCUT2D eigenvalue weighted by molar-refractivity contribution is -0.124. The molecule has 0 radical (unpaired) electrons. The molecule has 1 aromatic heterocycles. The quantitative estimate of drug-likeness (QED) is 0.615. The molecule has 146 valence electrons. The van der Waals surface area contributed by atoms with Crippen LogP contribution in [0.2, 0.25) is 0 Å². The summed E-state index contributed by atoms with van der Waals surface area (Å²) in [5, 5.41) is 4.70. The normalized spacial score (nSPS) is 12.4. The molecule has 0 saturated heterocycles. The molecule has 1 amide bonds. The van der Waals surface area contributed by atoms with Crippen LogP contribution >= 0.6 is 11.3 Å². The first-order chi connectivity index (χ1) is 12.7. The van der Waals surface area contributed by atoms with Crippen LogP contribution in [0.25, 0.3) is 0 Å². The first-order valence-corrected chi connectivity index (χ1v) is 11.0. The zero-order valence-electron chi connectivity index (χ0n) is 15.1. The molecule has 2 rings (SSSR count). The number of rotatable bonds is 9. The minimum atomic E-state index is -3.22. The van der Waals surface area contributed by atoms with Crippen LogP contribution in [0.3, 0.4) is 0 Å². The molecule has 1 atom stereocenters. The summed E-state index contributed by atoms with van der Waals surface area (Å²) in [6.45, 7) is 1.79. The van der Waals surface area contributed by atoms with E-state index >= 15 is 0 Å². The maximum absolute atomic E-state index is 12.0. The van der Waals surface area contributed by atoms with E-state index in [4.69, 9.17) is 4.74 Å². The van der Waals surface area contributed by atoms with Crippen LogP contribution in [0.15, 0.2) is 41.8 Å². The molecule has 0 unspecified atom stereocenters. The predicted octanol–water partition coefficient (Wildman–Crippen LogP) is 1.87. The molecule has 2 N–H and O–H groups in total. The van der Waals surface area contributed by atoms with Crippen molar-refractivity contribution in [1.82, 2.24) is 10.0 Å². The van der Waals surface area contributed by atoms with Gasteiger partial charge in [-0.3, -0.25) is 4.79 Å². The zero-order chi connectivity index (χ0) is 19.9. The molecule has 2 aromatic rings. The van der Waals surface area contributed by atoms with Crippen molar-refractivity contribution in [3.8, 4) is 0 Å². The lowest BCUT2D eigenvalue weighted by atomic mass is 10.1. The Hall–Kier alpha value is -2.23. The third-order valence-corrected chi connectivity index (χ3v) is 5.43. The third-order valence-electron chi connectivity index (χ3n) is 3.65. The highest BCUT2D eigenvalue weighted by Gasteiger charge is 2.13. The Morgan fingerprint density at radius 3 is 2.48 bits per heavy atom. The van der Waals surface area contributed by atoms with E-state index in [9.17, 15) is 18.0 Å². The van der Waals surface area contributed by atoms with Crippen LogP contribution < -0.4 is 10.0 Å². The molecule has 0 aliphatic heterocycles. The molecule has 1 aromatic carbocycles. The zero-order valence-corrected chi connectivity index (χ0v) is 16.7. The van der Waals surface area contributed by atoms with E-state index in [-0.39, 0.29) is 25.1 Å². The predicted molar refractivity (Wildman–Crippen MR) is 104 cm³/mol. The summed E-state index contributed by atoms with van der Waals surface area (Å²) in [4.78, 5) is 25.0. The van der Waals surface area contributed by atoms with E-state index < -0.39 is 16.0 Å². The van der Waals surface area contributed by atoms with Crippen LogP contribution in [-0.2, 0) is 26.0 Å². The standard InChI is InChI=1S/C18H22N2O5S2/c1-13(16-4-3-11-26-16)20-17(21)12-25-18(22)15-7-5-14(6-8-15)9-10-19-27(2,23)24/h3-8,11,13,19H,9-10,12H2,1-2H3,(H,20,21)/t13-/m1/s1. The minimum absolute atomic E-state index is 0.143. The summed E-state index contributed by atoms with van der Waals surface area (Å²) in [6, 6.07) is 10.3. The Kier molecular flexibility index (Phi) is 7.52. The van der Waals surface area contributed by atoms with Crippen LogP contribution in [-0.4, -0.2) is 39.7 Å². The van der Waals surface area contributed by atoms with Crippen molar-refractivity contribution < 1.29 is 22.7 Å². The highest BCUT2D eigenvalue weighted by atomic mass is 32.2. The number of esters is 1. The number of carbonyl (C=O) groups excluding carboxylic acids is 2. The molecule has 0 bridgehead atoms. The van der Waals surface area contributed by atoms with Crippen LogP contribution in [0, 0.1) is 0 Å². The number of nitrogens with one attached hydrogen (secondary N) is 2. The Labute approximate surface area is 162 Å². The van der Waals surface area contributed by atoms with Gasteiger partial charge < -0.3 is 10.1 Å². The highest BCUT2D eigenvalue weighted by molar-refractivity contribution is 7.88. The molecule has 0 saturated carbocycles. The SMILES string of the molecule is C[C@@H](NC(=O)COC(=O)c1ccc(CCNS(C)(=O)=O)cc1)c1cccs1. The van der Waals surface area contributed by atoms with Crippen molar-refractivity contribution >= 4 is 33.2 Å². The molecule has 1 heterocycles. The summed E-state index contributed by atoms with van der Waals surface area (Å²) in [5.41, 5.74) is 1.21. The van der Waals surface area contributed by atoms with Crippen molar-refractivity contribution in [1.29, 1.82) is 0 Å². The van der Waals surface area contributed by atoms with Gasteiger partial charge in [0, 0.05) is 11.4 Å². The van der Waals surface area contributed by atoms with Gasteiger partial charge in [0.1, 0.15) is 0 Å². The molecule has 0 aliphatic rings. The van der Waals surface area contributed by atoms with E-state index in [2.05, 4.69) is 10.0 Å². The average molecular weight is 411 g/mol. The minimum Gasteiger partial charge on any atom is -0.452 e. The van der Waals surface area contributed by atoms with Crippen molar-refractivity contribution in [2.45, 2.75) is 19.4 Å². The lowest BCUT2D eigenvalue weighted by Gasteiger charge is -2.12. The van der Waals surface area contributed by atoms with Crippen LogP contribution in [0.1, 0.15) is 33.8 Å². The number of amides is 1. The van der Waals surface area contributed by atoms with Crippen molar-refractivity contribution in [3.05, 3.63) is 57.8 Å². The van der Waals surface area contributed by atoms with Crippen molar-refractivity contribution in [3.63, 3.8) is 0 Å². The summed E-state index contributed by atoms with van der Waals surface area (Å²) in [7, 11) is -3.22. The Bertz CT molecular complexity index is 862. The second-order valence-electron chi connectivity index (χ2n) is 5.99. The van der Waals surface area contributed by atoms with Gasteiger partial charge in [-0.15, -0.1) is 11.3 Å². The number of sulfonamides is 1. The van der Waals surface area contributed by atoms with Gasteiger partial charge in [-0.05, 0) is 42.5 Å². The van der Waals surface area contributed by atoms with Gasteiger partial charge >= 0.3 is 5.97 Å². The Morgan fingerprint density at radius 2 is 1.89 bits per heavy atom. The topological polar surface area (TPSA) is 102 Å². The second-order valence-corrected chi connectivity index (χ2v) is 8.81. The molecule has 0 fully saturated rings. The smallest absolute Gasteiger partial charge is 0.338 e. The van der Waals surface area contributed by atoms with E-state index in [0.717, 1.165) is 16.7 Å². The van der Waals surface area contributed by atoms with E-state index in [0.29, 0.717) is 12.0 Å². The largest absolute Gasteiger partial charge is 0.452 e. The number of carbonyl (C=O) groups is 2. The number of benzene rings is 1. The Morgan fingerprint density at radius 1 is 1.19 bits per heavy atom. The van der Waals surface area contributed by atoms with Crippen molar-refractivity contribution in [2.24, 2.45) is 0 Å². The first-order valence-electron chi connectivity index (χ1n) is 8.28. The fraction of sp³-hybridized carbons (Fsp3) is 0.333. The Balaban J connectivity index is 1.77. The average Bonchev–Trinajstić information content (AvgIpc) is 3.14. The van der Waals surface area contributed by atoms with E-state index in [1.54, 1.807) is 35.6 Å². The van der Waals surface area contributed by atoms with Gasteiger partial charge in [0.15, 0.2) is 6.61 Å². The van der Waals surface area contributed by atoms with Gasteiger partial charge in [-0.25, -0.2) is 17.9 Å². The number of thiophene rings is 1. The van der Waals surface area contributed by atoms with Gasteiger partial charge in [0.05, 0.1) is 17.9 Å². The van der Waals surface area contributed by atoms with Crippen LogP contribution in [0.4, 0.5) is 0 Å². The summed E-state index contributed by atoms with van der Waals surface area (Å²) in [5.74, 6) is -0.956. The maximum atomic E-state index is 12.0. The van der Waals surface area contributed by atoms with Gasteiger partial charge in [0.2, 0.25) is 10.0 Å². The summed E-state index contributed by atoms with van der Waals surface area (Å²) >= 11 is 1.54.